The molecular formula is C14H20N2O3. The van der Waals surface area contributed by atoms with Crippen LogP contribution in [0.1, 0.15) is 20.8 Å². The summed E-state index contributed by atoms with van der Waals surface area (Å²) in [6.07, 6.45) is 0. The molecule has 5 nitrogen and oxygen atoms in total. The van der Waals surface area contributed by atoms with E-state index in [0.29, 0.717) is 36.1 Å². The van der Waals surface area contributed by atoms with Gasteiger partial charge in [0.15, 0.2) is 11.5 Å². The first-order chi connectivity index (χ1) is 9.06. The van der Waals surface area contributed by atoms with E-state index in [9.17, 15) is 4.79 Å². The lowest BCUT2D eigenvalue weighted by Gasteiger charge is -2.13. The zero-order valence-electron chi connectivity index (χ0n) is 11.6. The summed E-state index contributed by atoms with van der Waals surface area (Å²) in [5, 5.41) is 5.26. The Labute approximate surface area is 113 Å². The van der Waals surface area contributed by atoms with E-state index < -0.39 is 0 Å². The van der Waals surface area contributed by atoms with Crippen LogP contribution in [0.4, 0.5) is 10.5 Å². The number of allylic oxidation sites excluding steroid dienone is 1. The molecule has 0 aromatic heterocycles. The number of carbonyl (C=O) groups excluding carboxylic acids is 1. The number of rotatable bonds is 6. The minimum absolute atomic E-state index is 0.334. The zero-order chi connectivity index (χ0) is 14.3. The van der Waals surface area contributed by atoms with Crippen molar-refractivity contribution in [3.8, 4) is 11.5 Å². The molecule has 104 valence electrons. The van der Waals surface area contributed by atoms with Crippen LogP contribution in [0.25, 0.3) is 0 Å². The van der Waals surface area contributed by atoms with Crippen molar-refractivity contribution in [2.75, 3.05) is 18.5 Å². The molecule has 0 aliphatic carbocycles. The molecule has 0 aliphatic heterocycles. The predicted octanol–water partition coefficient (Wildman–Crippen LogP) is 3.14. The van der Waals surface area contributed by atoms with Gasteiger partial charge in [0.05, 0.1) is 13.2 Å². The Morgan fingerprint density at radius 1 is 1.21 bits per heavy atom. The van der Waals surface area contributed by atoms with Crippen molar-refractivity contribution in [2.45, 2.75) is 20.8 Å². The summed E-state index contributed by atoms with van der Waals surface area (Å²) in [6, 6.07) is 4.92. The van der Waals surface area contributed by atoms with E-state index >= 15 is 0 Å². The van der Waals surface area contributed by atoms with Crippen LogP contribution < -0.4 is 20.1 Å². The van der Waals surface area contributed by atoms with Crippen molar-refractivity contribution >= 4 is 11.7 Å². The fourth-order valence-corrected chi connectivity index (χ4v) is 1.49. The molecule has 0 aliphatic rings. The number of anilines is 1. The summed E-state index contributed by atoms with van der Waals surface area (Å²) in [4.78, 5) is 11.5. The minimum atomic E-state index is -0.334. The summed E-state index contributed by atoms with van der Waals surface area (Å²) in [5.74, 6) is 1.27. The lowest BCUT2D eigenvalue weighted by Crippen LogP contribution is -2.26. The zero-order valence-corrected chi connectivity index (χ0v) is 11.6. The van der Waals surface area contributed by atoms with Crippen molar-refractivity contribution in [2.24, 2.45) is 0 Å². The molecule has 0 saturated carbocycles. The molecule has 0 unspecified atom stereocenters. The van der Waals surface area contributed by atoms with Gasteiger partial charge in [0.25, 0.3) is 0 Å². The third kappa shape index (κ3) is 4.91. The molecule has 0 spiro atoms. The average Bonchev–Trinajstić information content (AvgIpc) is 2.32. The first-order valence-corrected chi connectivity index (χ1v) is 6.20. The number of benzene rings is 1. The van der Waals surface area contributed by atoms with Gasteiger partial charge in [-0.15, -0.1) is 0 Å². The molecule has 0 radical (unpaired) electrons. The molecule has 19 heavy (non-hydrogen) atoms. The number of carbonyl (C=O) groups is 1. The van der Waals surface area contributed by atoms with E-state index in [4.69, 9.17) is 9.47 Å². The fourth-order valence-electron chi connectivity index (χ4n) is 1.49. The molecule has 1 aromatic rings. The SMILES string of the molecule is C=C(C)NC(=O)Nc1ccc(OCC)c(OCC)c1. The summed E-state index contributed by atoms with van der Waals surface area (Å²) in [5.41, 5.74) is 1.21. The van der Waals surface area contributed by atoms with Crippen LogP contribution in [0.15, 0.2) is 30.5 Å². The smallest absolute Gasteiger partial charge is 0.323 e. The van der Waals surface area contributed by atoms with Gasteiger partial charge in [-0.1, -0.05) is 6.58 Å². The molecule has 1 aromatic carbocycles. The molecular weight excluding hydrogens is 244 g/mol. The monoisotopic (exact) mass is 264 g/mol. The summed E-state index contributed by atoms with van der Waals surface area (Å²) in [7, 11) is 0. The Bertz CT molecular complexity index is 458. The Morgan fingerprint density at radius 2 is 1.84 bits per heavy atom. The topological polar surface area (TPSA) is 59.6 Å². The van der Waals surface area contributed by atoms with Crippen LogP contribution in [0.5, 0.6) is 11.5 Å². The van der Waals surface area contributed by atoms with Crippen molar-refractivity contribution in [1.29, 1.82) is 0 Å². The number of urea groups is 1. The molecule has 0 heterocycles. The second-order valence-corrected chi connectivity index (χ2v) is 3.89. The number of nitrogens with one attached hydrogen (secondary N) is 2. The van der Waals surface area contributed by atoms with Crippen molar-refractivity contribution < 1.29 is 14.3 Å². The first kappa shape index (κ1) is 14.9. The highest BCUT2D eigenvalue weighted by atomic mass is 16.5. The maximum absolute atomic E-state index is 11.5. The van der Waals surface area contributed by atoms with Crippen LogP contribution >= 0.6 is 0 Å². The third-order valence-corrected chi connectivity index (χ3v) is 2.13. The van der Waals surface area contributed by atoms with E-state index in [-0.39, 0.29) is 6.03 Å². The second kappa shape index (κ2) is 7.31. The van der Waals surface area contributed by atoms with E-state index in [0.717, 1.165) is 0 Å². The minimum Gasteiger partial charge on any atom is -0.490 e. The molecule has 5 heteroatoms. The van der Waals surface area contributed by atoms with Crippen LogP contribution in [-0.2, 0) is 0 Å². The number of ether oxygens (including phenoxy) is 2. The van der Waals surface area contributed by atoms with Gasteiger partial charge in [-0.05, 0) is 32.9 Å². The van der Waals surface area contributed by atoms with Gasteiger partial charge in [-0.3, -0.25) is 0 Å². The summed E-state index contributed by atoms with van der Waals surface area (Å²) >= 11 is 0. The fraction of sp³-hybridized carbons (Fsp3) is 0.357. The first-order valence-electron chi connectivity index (χ1n) is 6.20. The van der Waals surface area contributed by atoms with E-state index in [1.807, 2.05) is 13.8 Å². The van der Waals surface area contributed by atoms with Crippen LogP contribution in [-0.4, -0.2) is 19.2 Å². The van der Waals surface area contributed by atoms with Gasteiger partial charge in [-0.25, -0.2) is 4.79 Å². The Morgan fingerprint density at radius 3 is 2.42 bits per heavy atom. The second-order valence-electron chi connectivity index (χ2n) is 3.89. The largest absolute Gasteiger partial charge is 0.490 e. The highest BCUT2D eigenvalue weighted by Crippen LogP contribution is 2.30. The third-order valence-electron chi connectivity index (χ3n) is 2.13. The maximum Gasteiger partial charge on any atom is 0.323 e. The van der Waals surface area contributed by atoms with Gasteiger partial charge >= 0.3 is 6.03 Å². The molecule has 0 atom stereocenters. The van der Waals surface area contributed by atoms with Gasteiger partial charge in [0.2, 0.25) is 0 Å². The standard InChI is InChI=1S/C14H20N2O3/c1-5-18-12-8-7-11(9-13(12)19-6-2)16-14(17)15-10(3)4/h7-9H,3,5-6H2,1-2,4H3,(H2,15,16,17). The lowest BCUT2D eigenvalue weighted by atomic mass is 10.2. The van der Waals surface area contributed by atoms with E-state index in [1.165, 1.54) is 0 Å². The Kier molecular flexibility index (Phi) is 5.73. The van der Waals surface area contributed by atoms with E-state index in [2.05, 4.69) is 17.2 Å². The summed E-state index contributed by atoms with van der Waals surface area (Å²) < 4.78 is 10.9. The Hall–Kier alpha value is -2.17. The number of hydrogen-bond donors (Lipinski definition) is 2. The molecule has 2 amide bonds. The highest BCUT2D eigenvalue weighted by Gasteiger charge is 2.08. The lowest BCUT2D eigenvalue weighted by molar-refractivity contribution is 0.254. The highest BCUT2D eigenvalue weighted by molar-refractivity contribution is 5.90. The number of hydrogen-bond acceptors (Lipinski definition) is 3. The predicted molar refractivity (Wildman–Crippen MR) is 75.7 cm³/mol. The number of amides is 2. The molecule has 2 N–H and O–H groups in total. The van der Waals surface area contributed by atoms with E-state index in [1.54, 1.807) is 25.1 Å². The summed E-state index contributed by atoms with van der Waals surface area (Å²) in [6.45, 7) is 10.2. The van der Waals surface area contributed by atoms with Gasteiger partial charge in [0, 0.05) is 17.5 Å². The van der Waals surface area contributed by atoms with Gasteiger partial charge < -0.3 is 20.1 Å². The average molecular weight is 264 g/mol. The quantitative estimate of drug-likeness (QED) is 0.829. The maximum atomic E-state index is 11.5. The molecule has 1 rings (SSSR count). The molecule has 0 bridgehead atoms. The van der Waals surface area contributed by atoms with Crippen LogP contribution in [0.3, 0.4) is 0 Å². The molecule has 0 fully saturated rings. The van der Waals surface area contributed by atoms with Crippen molar-refractivity contribution in [1.82, 2.24) is 5.32 Å². The van der Waals surface area contributed by atoms with Crippen molar-refractivity contribution in [3.05, 3.63) is 30.5 Å². The normalized spacial score (nSPS) is 9.63. The van der Waals surface area contributed by atoms with Crippen LogP contribution in [0.2, 0.25) is 0 Å². The van der Waals surface area contributed by atoms with Crippen LogP contribution in [0, 0.1) is 0 Å². The molecule has 0 saturated heterocycles. The van der Waals surface area contributed by atoms with Gasteiger partial charge in [0.1, 0.15) is 0 Å². The van der Waals surface area contributed by atoms with Crippen molar-refractivity contribution in [3.63, 3.8) is 0 Å². The van der Waals surface area contributed by atoms with Gasteiger partial charge in [-0.2, -0.15) is 0 Å². The Balaban J connectivity index is 2.82.